The summed E-state index contributed by atoms with van der Waals surface area (Å²) in [5.74, 6) is -0.737. The molecular weight excluding hydrogens is 397 g/mol. The van der Waals surface area contributed by atoms with Gasteiger partial charge >= 0.3 is 0 Å². The molecule has 0 saturated heterocycles. The summed E-state index contributed by atoms with van der Waals surface area (Å²) in [6.07, 6.45) is 0. The van der Waals surface area contributed by atoms with Crippen LogP contribution in [0, 0.1) is 15.9 Å². The van der Waals surface area contributed by atoms with E-state index < -0.39 is 22.3 Å². The van der Waals surface area contributed by atoms with E-state index in [9.17, 15) is 19.3 Å². The number of thiazole rings is 1. The fourth-order valence-electron chi connectivity index (χ4n) is 2.35. The van der Waals surface area contributed by atoms with Crippen molar-refractivity contribution in [1.29, 1.82) is 0 Å². The minimum atomic E-state index is -0.703. The van der Waals surface area contributed by atoms with Crippen LogP contribution in [0.25, 0.3) is 11.3 Å². The Morgan fingerprint density at radius 1 is 1.33 bits per heavy atom. The Balaban J connectivity index is 1.88. The molecule has 0 aliphatic rings. The van der Waals surface area contributed by atoms with Crippen LogP contribution in [-0.4, -0.2) is 22.9 Å². The lowest BCUT2D eigenvalue weighted by Gasteiger charge is -2.06. The molecule has 0 aliphatic heterocycles. The first-order valence-corrected chi connectivity index (χ1v) is 8.69. The van der Waals surface area contributed by atoms with Crippen LogP contribution in [0.5, 0.6) is 5.75 Å². The Hall–Kier alpha value is -3.04. The van der Waals surface area contributed by atoms with Gasteiger partial charge in [-0.2, -0.15) is 0 Å². The number of rotatable bonds is 5. The molecule has 2 aromatic carbocycles. The first-order valence-electron chi connectivity index (χ1n) is 7.43. The number of anilines is 1. The Morgan fingerprint density at radius 2 is 2.11 bits per heavy atom. The lowest BCUT2D eigenvalue weighted by molar-refractivity contribution is -0.385. The van der Waals surface area contributed by atoms with Gasteiger partial charge in [-0.05, 0) is 30.3 Å². The average Bonchev–Trinajstić information content (AvgIpc) is 3.09. The van der Waals surface area contributed by atoms with Crippen LogP contribution in [0.4, 0.5) is 15.2 Å². The molecule has 1 amide bonds. The van der Waals surface area contributed by atoms with Gasteiger partial charge in [-0.25, -0.2) is 9.37 Å². The molecule has 1 heterocycles. The van der Waals surface area contributed by atoms with E-state index in [4.69, 9.17) is 16.3 Å². The molecular formula is C17H11ClFN3O4S. The number of carbonyl (C=O) groups excluding carboxylic acids is 1. The van der Waals surface area contributed by atoms with Gasteiger partial charge in [0.2, 0.25) is 0 Å². The summed E-state index contributed by atoms with van der Waals surface area (Å²) in [6, 6.07) is 7.75. The second-order valence-electron chi connectivity index (χ2n) is 5.26. The number of nitrogens with one attached hydrogen (secondary N) is 1. The summed E-state index contributed by atoms with van der Waals surface area (Å²) in [6.45, 7) is 0. The van der Waals surface area contributed by atoms with Crippen LogP contribution < -0.4 is 10.1 Å². The fourth-order valence-corrected chi connectivity index (χ4v) is 3.22. The predicted molar refractivity (Wildman–Crippen MR) is 100 cm³/mol. The van der Waals surface area contributed by atoms with Crippen molar-refractivity contribution >= 4 is 39.7 Å². The highest BCUT2D eigenvalue weighted by Crippen LogP contribution is 2.33. The molecule has 0 radical (unpaired) electrons. The molecule has 0 aliphatic carbocycles. The third-order valence-corrected chi connectivity index (χ3v) is 4.56. The SMILES string of the molecule is COc1ccc(F)cc1-c1csc(NC(=O)c2ccc(Cl)cc2[N+](=O)[O-])n1. The molecule has 3 rings (SSSR count). The largest absolute Gasteiger partial charge is 0.496 e. The second kappa shape index (κ2) is 7.68. The van der Waals surface area contributed by atoms with Crippen LogP contribution in [0.15, 0.2) is 41.8 Å². The highest BCUT2D eigenvalue weighted by molar-refractivity contribution is 7.14. The van der Waals surface area contributed by atoms with Crippen molar-refractivity contribution in [2.75, 3.05) is 12.4 Å². The highest BCUT2D eigenvalue weighted by Gasteiger charge is 2.22. The highest BCUT2D eigenvalue weighted by atomic mass is 35.5. The number of aromatic nitrogens is 1. The predicted octanol–water partition coefficient (Wildman–Crippen LogP) is 4.77. The van der Waals surface area contributed by atoms with Gasteiger partial charge in [-0.1, -0.05) is 11.6 Å². The van der Waals surface area contributed by atoms with E-state index in [1.807, 2.05) is 0 Å². The average molecular weight is 408 g/mol. The Bertz CT molecular complexity index is 1040. The number of hydrogen-bond donors (Lipinski definition) is 1. The minimum Gasteiger partial charge on any atom is -0.496 e. The molecule has 138 valence electrons. The van der Waals surface area contributed by atoms with Gasteiger partial charge in [0.15, 0.2) is 5.13 Å². The normalized spacial score (nSPS) is 10.5. The van der Waals surface area contributed by atoms with Crippen LogP contribution in [-0.2, 0) is 0 Å². The Labute approximate surface area is 161 Å². The van der Waals surface area contributed by atoms with Crippen LogP contribution >= 0.6 is 22.9 Å². The second-order valence-corrected chi connectivity index (χ2v) is 6.55. The fraction of sp³-hybridized carbons (Fsp3) is 0.0588. The third-order valence-electron chi connectivity index (χ3n) is 3.56. The summed E-state index contributed by atoms with van der Waals surface area (Å²) in [5, 5.41) is 15.6. The van der Waals surface area contributed by atoms with E-state index in [0.29, 0.717) is 17.0 Å². The number of nitro benzene ring substituents is 1. The Kier molecular flexibility index (Phi) is 5.33. The van der Waals surface area contributed by atoms with Gasteiger partial charge in [0, 0.05) is 22.0 Å². The number of methoxy groups -OCH3 is 1. The van der Waals surface area contributed by atoms with Crippen LogP contribution in [0.1, 0.15) is 10.4 Å². The van der Waals surface area contributed by atoms with Crippen molar-refractivity contribution in [3.8, 4) is 17.0 Å². The van der Waals surface area contributed by atoms with E-state index in [1.54, 1.807) is 5.38 Å². The maximum absolute atomic E-state index is 13.5. The maximum atomic E-state index is 13.5. The standard InChI is InChI=1S/C17H11ClFN3O4S/c1-26-15-5-3-10(19)7-12(15)13-8-27-17(20-13)21-16(23)11-4-2-9(18)6-14(11)22(24)25/h2-8H,1H3,(H,20,21,23). The van der Waals surface area contributed by atoms with E-state index in [-0.39, 0.29) is 15.7 Å². The van der Waals surface area contributed by atoms with Gasteiger partial charge in [0.05, 0.1) is 17.7 Å². The number of carbonyl (C=O) groups is 1. The molecule has 1 aromatic heterocycles. The summed E-state index contributed by atoms with van der Waals surface area (Å²) in [4.78, 5) is 27.1. The van der Waals surface area contributed by atoms with E-state index in [1.165, 1.54) is 37.4 Å². The molecule has 0 spiro atoms. The van der Waals surface area contributed by atoms with Gasteiger partial charge < -0.3 is 4.74 Å². The molecule has 0 bridgehead atoms. The van der Waals surface area contributed by atoms with Crippen LogP contribution in [0.2, 0.25) is 5.02 Å². The number of amides is 1. The number of hydrogen-bond acceptors (Lipinski definition) is 6. The summed E-state index contributed by atoms with van der Waals surface area (Å²) < 4.78 is 18.7. The molecule has 0 unspecified atom stereocenters. The number of ether oxygens (including phenoxy) is 1. The first-order chi connectivity index (χ1) is 12.9. The molecule has 7 nitrogen and oxygen atoms in total. The van der Waals surface area contributed by atoms with Gasteiger partial charge in [0.1, 0.15) is 17.1 Å². The zero-order valence-electron chi connectivity index (χ0n) is 13.7. The molecule has 10 heteroatoms. The molecule has 1 N–H and O–H groups in total. The molecule has 27 heavy (non-hydrogen) atoms. The minimum absolute atomic E-state index is 0.146. The lowest BCUT2D eigenvalue weighted by Crippen LogP contribution is -2.13. The molecule has 0 fully saturated rings. The van der Waals surface area contributed by atoms with Gasteiger partial charge in [-0.3, -0.25) is 20.2 Å². The quantitative estimate of drug-likeness (QED) is 0.485. The van der Waals surface area contributed by atoms with Crippen LogP contribution in [0.3, 0.4) is 0 Å². The molecule has 3 aromatic rings. The molecule has 0 atom stereocenters. The number of benzene rings is 2. The van der Waals surface area contributed by atoms with Crippen molar-refractivity contribution < 1.29 is 18.8 Å². The molecule has 0 saturated carbocycles. The number of nitrogens with zero attached hydrogens (tertiary/aromatic N) is 2. The summed E-state index contributed by atoms with van der Waals surface area (Å²) in [5.41, 5.74) is 0.261. The third kappa shape index (κ3) is 4.04. The van der Waals surface area contributed by atoms with Crippen molar-refractivity contribution in [3.05, 3.63) is 68.3 Å². The van der Waals surface area contributed by atoms with E-state index in [2.05, 4.69) is 10.3 Å². The lowest BCUT2D eigenvalue weighted by atomic mass is 10.1. The van der Waals surface area contributed by atoms with E-state index in [0.717, 1.165) is 17.4 Å². The smallest absolute Gasteiger partial charge is 0.283 e. The van der Waals surface area contributed by atoms with Gasteiger partial charge in [0.25, 0.3) is 11.6 Å². The summed E-state index contributed by atoms with van der Waals surface area (Å²) in [7, 11) is 1.45. The van der Waals surface area contributed by atoms with E-state index >= 15 is 0 Å². The van der Waals surface area contributed by atoms with Gasteiger partial charge in [-0.15, -0.1) is 11.3 Å². The first kappa shape index (κ1) is 18.7. The van der Waals surface area contributed by atoms with Crippen molar-refractivity contribution in [1.82, 2.24) is 4.98 Å². The maximum Gasteiger partial charge on any atom is 0.283 e. The van der Waals surface area contributed by atoms with Crippen molar-refractivity contribution in [2.45, 2.75) is 0 Å². The topological polar surface area (TPSA) is 94.4 Å². The monoisotopic (exact) mass is 407 g/mol. The number of halogens is 2. The van der Waals surface area contributed by atoms with Crippen molar-refractivity contribution in [2.24, 2.45) is 0 Å². The van der Waals surface area contributed by atoms with Crippen molar-refractivity contribution in [3.63, 3.8) is 0 Å². The zero-order chi connectivity index (χ0) is 19.6. The zero-order valence-corrected chi connectivity index (χ0v) is 15.3. The Morgan fingerprint density at radius 3 is 2.81 bits per heavy atom. The number of nitro groups is 1. The summed E-state index contributed by atoms with van der Waals surface area (Å²) >= 11 is 6.84.